The summed E-state index contributed by atoms with van der Waals surface area (Å²) in [5.74, 6) is -0.0678. The lowest BCUT2D eigenvalue weighted by Gasteiger charge is -2.18. The zero-order valence-electron chi connectivity index (χ0n) is 14.2. The number of fused-ring (bicyclic) bond motifs is 3. The number of hydrogen-bond acceptors (Lipinski definition) is 3. The fourth-order valence-corrected chi connectivity index (χ4v) is 3.34. The van der Waals surface area contributed by atoms with Crippen LogP contribution in [0.1, 0.15) is 29.9 Å². The van der Waals surface area contributed by atoms with Crippen LogP contribution in [0.4, 0.5) is 13.6 Å². The van der Waals surface area contributed by atoms with Crippen LogP contribution in [0.25, 0.3) is 11.1 Å². The molecule has 2 aromatic rings. The molecule has 0 heterocycles. The first kappa shape index (κ1) is 18.3. The number of amides is 1. The molecule has 0 fully saturated rings. The summed E-state index contributed by atoms with van der Waals surface area (Å²) in [4.78, 5) is 12.0. The number of carbonyl (C=O) groups excluding carboxylic acids is 1. The standard InChI is InChI=1S/C20H21F2NO3/c21-19(22)10-9-13(11-24)23-20(25)26-12-18-16-7-3-1-5-14(16)15-6-2-4-8-17(15)18/h1-8,13,18-19,24H,9-12H2,(H,23,25)/t13-/m1/s1. The summed E-state index contributed by atoms with van der Waals surface area (Å²) in [6.07, 6.45) is -3.55. The van der Waals surface area contributed by atoms with Crippen LogP contribution in [0.15, 0.2) is 48.5 Å². The van der Waals surface area contributed by atoms with Gasteiger partial charge < -0.3 is 15.2 Å². The topological polar surface area (TPSA) is 58.6 Å². The number of rotatable bonds is 7. The van der Waals surface area contributed by atoms with E-state index in [4.69, 9.17) is 4.74 Å². The predicted octanol–water partition coefficient (Wildman–Crippen LogP) is 3.93. The molecule has 0 spiro atoms. The molecule has 3 rings (SSSR count). The van der Waals surface area contributed by atoms with E-state index in [0.717, 1.165) is 22.3 Å². The van der Waals surface area contributed by atoms with Crippen LogP contribution >= 0.6 is 0 Å². The molecule has 0 radical (unpaired) electrons. The lowest BCUT2D eigenvalue weighted by molar-refractivity contribution is 0.112. The molecule has 138 valence electrons. The number of aliphatic hydroxyl groups excluding tert-OH is 1. The van der Waals surface area contributed by atoms with Crippen LogP contribution in [0.3, 0.4) is 0 Å². The van der Waals surface area contributed by atoms with Gasteiger partial charge in [0.05, 0.1) is 12.6 Å². The lowest BCUT2D eigenvalue weighted by atomic mass is 9.98. The van der Waals surface area contributed by atoms with Crippen molar-refractivity contribution in [2.45, 2.75) is 31.2 Å². The summed E-state index contributed by atoms with van der Waals surface area (Å²) in [5, 5.41) is 11.7. The van der Waals surface area contributed by atoms with Crippen LogP contribution in [-0.4, -0.2) is 36.9 Å². The number of ether oxygens (including phenoxy) is 1. The van der Waals surface area contributed by atoms with E-state index < -0.39 is 25.2 Å². The van der Waals surface area contributed by atoms with Gasteiger partial charge in [0, 0.05) is 12.3 Å². The molecule has 26 heavy (non-hydrogen) atoms. The van der Waals surface area contributed by atoms with E-state index in [1.165, 1.54) is 0 Å². The number of benzene rings is 2. The number of alkyl carbamates (subject to hydrolysis) is 1. The van der Waals surface area contributed by atoms with Gasteiger partial charge in [-0.1, -0.05) is 48.5 Å². The zero-order valence-corrected chi connectivity index (χ0v) is 14.2. The molecule has 1 amide bonds. The molecule has 0 unspecified atom stereocenters. The fourth-order valence-electron chi connectivity index (χ4n) is 3.34. The van der Waals surface area contributed by atoms with Crippen molar-refractivity contribution in [1.82, 2.24) is 5.32 Å². The first-order valence-electron chi connectivity index (χ1n) is 8.60. The molecule has 1 atom stereocenters. The Morgan fingerprint density at radius 3 is 2.15 bits per heavy atom. The van der Waals surface area contributed by atoms with Crippen molar-refractivity contribution in [3.63, 3.8) is 0 Å². The van der Waals surface area contributed by atoms with Crippen molar-refractivity contribution >= 4 is 6.09 Å². The third-order valence-electron chi connectivity index (χ3n) is 4.62. The average molecular weight is 361 g/mol. The number of nitrogens with one attached hydrogen (secondary N) is 1. The van der Waals surface area contributed by atoms with E-state index in [1.807, 2.05) is 48.5 Å². The maximum atomic E-state index is 12.3. The largest absolute Gasteiger partial charge is 0.449 e. The van der Waals surface area contributed by atoms with Gasteiger partial charge in [-0.15, -0.1) is 0 Å². The quantitative estimate of drug-likeness (QED) is 0.786. The molecule has 0 bridgehead atoms. The Balaban J connectivity index is 1.63. The Labute approximate surface area is 150 Å². The number of hydrogen-bond donors (Lipinski definition) is 2. The Bertz CT molecular complexity index is 721. The molecule has 0 saturated heterocycles. The van der Waals surface area contributed by atoms with E-state index >= 15 is 0 Å². The SMILES string of the molecule is O=C(N[C@@H](CO)CCC(F)F)OCC1c2ccccc2-c2ccccc21. The first-order chi connectivity index (χ1) is 12.6. The van der Waals surface area contributed by atoms with Gasteiger partial charge in [-0.25, -0.2) is 13.6 Å². The van der Waals surface area contributed by atoms with Gasteiger partial charge in [-0.3, -0.25) is 0 Å². The minimum Gasteiger partial charge on any atom is -0.449 e. The highest BCUT2D eigenvalue weighted by atomic mass is 19.3. The molecule has 0 aromatic heterocycles. The Morgan fingerprint density at radius 2 is 1.62 bits per heavy atom. The Morgan fingerprint density at radius 1 is 1.04 bits per heavy atom. The van der Waals surface area contributed by atoms with Gasteiger partial charge in [0.15, 0.2) is 0 Å². The summed E-state index contributed by atoms with van der Waals surface area (Å²) in [5.41, 5.74) is 4.44. The lowest BCUT2D eigenvalue weighted by Crippen LogP contribution is -2.38. The van der Waals surface area contributed by atoms with Gasteiger partial charge in [0.1, 0.15) is 6.61 Å². The number of alkyl halides is 2. The predicted molar refractivity (Wildman–Crippen MR) is 94.3 cm³/mol. The van der Waals surface area contributed by atoms with E-state index in [1.54, 1.807) is 0 Å². The van der Waals surface area contributed by atoms with Crippen molar-refractivity contribution in [2.24, 2.45) is 0 Å². The van der Waals surface area contributed by atoms with Gasteiger partial charge in [0.25, 0.3) is 0 Å². The molecule has 4 nitrogen and oxygen atoms in total. The summed E-state index contributed by atoms with van der Waals surface area (Å²) < 4.78 is 29.9. The summed E-state index contributed by atoms with van der Waals surface area (Å²) in [6, 6.07) is 15.2. The van der Waals surface area contributed by atoms with Crippen molar-refractivity contribution in [3.05, 3.63) is 59.7 Å². The minimum absolute atomic E-state index is 0.00162. The van der Waals surface area contributed by atoms with Crippen LogP contribution < -0.4 is 5.32 Å². The smallest absolute Gasteiger partial charge is 0.407 e. The summed E-state index contributed by atoms with van der Waals surface area (Å²) >= 11 is 0. The Hall–Kier alpha value is -2.47. The average Bonchev–Trinajstić information content (AvgIpc) is 2.97. The normalized spacial score (nSPS) is 14.0. The molecular formula is C20H21F2NO3. The van der Waals surface area contributed by atoms with Gasteiger partial charge in [-0.2, -0.15) is 0 Å². The van der Waals surface area contributed by atoms with Crippen LogP contribution in [0.5, 0.6) is 0 Å². The molecule has 1 aliphatic carbocycles. The van der Waals surface area contributed by atoms with Crippen LogP contribution in [0, 0.1) is 0 Å². The highest BCUT2D eigenvalue weighted by Gasteiger charge is 2.29. The third kappa shape index (κ3) is 4.02. The highest BCUT2D eigenvalue weighted by molar-refractivity contribution is 5.79. The fraction of sp³-hybridized carbons (Fsp3) is 0.350. The van der Waals surface area contributed by atoms with Gasteiger partial charge in [0.2, 0.25) is 6.43 Å². The zero-order chi connectivity index (χ0) is 18.5. The Kier molecular flexibility index (Phi) is 5.83. The van der Waals surface area contributed by atoms with Crippen LogP contribution in [0.2, 0.25) is 0 Å². The van der Waals surface area contributed by atoms with Gasteiger partial charge in [-0.05, 0) is 28.7 Å². The maximum Gasteiger partial charge on any atom is 0.407 e. The molecule has 0 aliphatic heterocycles. The summed E-state index contributed by atoms with van der Waals surface area (Å²) in [7, 11) is 0. The maximum absolute atomic E-state index is 12.3. The molecular weight excluding hydrogens is 340 g/mol. The molecule has 2 aromatic carbocycles. The highest BCUT2D eigenvalue weighted by Crippen LogP contribution is 2.44. The van der Waals surface area contributed by atoms with Crippen molar-refractivity contribution in [2.75, 3.05) is 13.2 Å². The van der Waals surface area contributed by atoms with E-state index in [0.29, 0.717) is 0 Å². The first-order valence-corrected chi connectivity index (χ1v) is 8.60. The molecule has 6 heteroatoms. The van der Waals surface area contributed by atoms with Crippen molar-refractivity contribution in [1.29, 1.82) is 0 Å². The second kappa shape index (κ2) is 8.27. The van der Waals surface area contributed by atoms with E-state index in [2.05, 4.69) is 5.32 Å². The van der Waals surface area contributed by atoms with Crippen molar-refractivity contribution in [3.8, 4) is 11.1 Å². The molecule has 1 aliphatic rings. The molecule has 0 saturated carbocycles. The second-order valence-electron chi connectivity index (χ2n) is 6.32. The monoisotopic (exact) mass is 361 g/mol. The summed E-state index contributed by atoms with van der Waals surface area (Å²) in [6.45, 7) is -0.260. The number of aliphatic hydroxyl groups is 1. The van der Waals surface area contributed by atoms with E-state index in [9.17, 15) is 18.7 Å². The van der Waals surface area contributed by atoms with E-state index in [-0.39, 0.29) is 25.4 Å². The minimum atomic E-state index is -2.46. The third-order valence-corrected chi connectivity index (χ3v) is 4.62. The van der Waals surface area contributed by atoms with Gasteiger partial charge >= 0.3 is 6.09 Å². The number of halogens is 2. The molecule has 2 N–H and O–H groups in total. The van der Waals surface area contributed by atoms with Crippen molar-refractivity contribution < 1.29 is 23.4 Å². The number of carbonyl (C=O) groups is 1. The second-order valence-corrected chi connectivity index (χ2v) is 6.32. The van der Waals surface area contributed by atoms with Crippen LogP contribution in [-0.2, 0) is 4.74 Å².